The van der Waals surface area contributed by atoms with Crippen molar-refractivity contribution in [2.24, 2.45) is 5.92 Å². The number of aliphatic hydroxyl groups is 1. The van der Waals surface area contributed by atoms with Crippen molar-refractivity contribution in [3.63, 3.8) is 0 Å². The molecule has 0 radical (unpaired) electrons. The van der Waals surface area contributed by atoms with Gasteiger partial charge in [0.05, 0.1) is 11.6 Å². The van der Waals surface area contributed by atoms with Gasteiger partial charge in [-0.1, -0.05) is 11.6 Å². The van der Waals surface area contributed by atoms with Gasteiger partial charge >= 0.3 is 0 Å². The summed E-state index contributed by atoms with van der Waals surface area (Å²) in [4.78, 5) is 20.2. The van der Waals surface area contributed by atoms with Gasteiger partial charge in [0.15, 0.2) is 0 Å². The summed E-state index contributed by atoms with van der Waals surface area (Å²) < 4.78 is 0. The Bertz CT molecular complexity index is 444. The highest BCUT2D eigenvalue weighted by Crippen LogP contribution is 2.23. The van der Waals surface area contributed by atoms with Crippen molar-refractivity contribution in [3.8, 4) is 0 Å². The summed E-state index contributed by atoms with van der Waals surface area (Å²) >= 11 is 5.83. The molecule has 2 rings (SSSR count). The third kappa shape index (κ3) is 3.61. The summed E-state index contributed by atoms with van der Waals surface area (Å²) in [5, 5.41) is 9.50. The molecule has 2 heterocycles. The first-order valence-corrected chi connectivity index (χ1v) is 7.22. The first kappa shape index (κ1) is 15.1. The molecule has 1 N–H and O–H groups in total. The van der Waals surface area contributed by atoms with Gasteiger partial charge in [0.2, 0.25) is 5.91 Å². The van der Waals surface area contributed by atoms with E-state index in [-0.39, 0.29) is 18.4 Å². The van der Waals surface area contributed by atoms with Gasteiger partial charge in [-0.3, -0.25) is 4.79 Å². The van der Waals surface area contributed by atoms with Gasteiger partial charge in [-0.15, -0.1) is 0 Å². The molecule has 1 fully saturated rings. The van der Waals surface area contributed by atoms with E-state index in [9.17, 15) is 4.79 Å². The van der Waals surface area contributed by atoms with E-state index >= 15 is 0 Å². The molecular weight excluding hydrogens is 278 g/mol. The van der Waals surface area contributed by atoms with Crippen LogP contribution in [0.3, 0.4) is 0 Å². The molecule has 0 bridgehead atoms. The van der Waals surface area contributed by atoms with Crippen LogP contribution in [0.15, 0.2) is 18.3 Å². The van der Waals surface area contributed by atoms with Crippen LogP contribution in [0.25, 0.3) is 0 Å². The number of anilines is 1. The number of hydrogen-bond donors (Lipinski definition) is 1. The van der Waals surface area contributed by atoms with Crippen LogP contribution < -0.4 is 4.90 Å². The second-order valence-corrected chi connectivity index (χ2v) is 5.52. The van der Waals surface area contributed by atoms with E-state index in [2.05, 4.69) is 9.88 Å². The number of amides is 1. The van der Waals surface area contributed by atoms with Crippen LogP contribution in [-0.2, 0) is 4.79 Å². The Labute approximate surface area is 124 Å². The Morgan fingerprint density at radius 1 is 1.50 bits per heavy atom. The summed E-state index contributed by atoms with van der Waals surface area (Å²) in [6.45, 7) is 2.05. The van der Waals surface area contributed by atoms with Gasteiger partial charge in [0.25, 0.3) is 0 Å². The maximum absolute atomic E-state index is 12.1. The maximum Gasteiger partial charge on any atom is 0.225 e. The highest BCUT2D eigenvalue weighted by molar-refractivity contribution is 6.30. The van der Waals surface area contributed by atoms with Crippen LogP contribution in [0.2, 0.25) is 5.02 Å². The number of carbonyl (C=O) groups is 1. The molecule has 1 aromatic rings. The number of likely N-dealkylation sites (N-methyl/N-ethyl adjacent to an activating group) is 1. The van der Waals surface area contributed by atoms with E-state index in [4.69, 9.17) is 16.7 Å². The minimum Gasteiger partial charge on any atom is -0.395 e. The predicted octanol–water partition coefficient (Wildman–Crippen LogP) is 1.40. The molecule has 6 heteroatoms. The SMILES string of the molecule is CN(CCO)C(=O)C1CCN(c2ccc(Cl)cn2)CC1. The van der Waals surface area contributed by atoms with E-state index in [0.29, 0.717) is 11.6 Å². The second-order valence-electron chi connectivity index (χ2n) is 5.08. The number of hydrogen-bond acceptors (Lipinski definition) is 4. The van der Waals surface area contributed by atoms with Crippen molar-refractivity contribution in [3.05, 3.63) is 23.4 Å². The normalized spacial score (nSPS) is 16.2. The zero-order valence-corrected chi connectivity index (χ0v) is 12.4. The Morgan fingerprint density at radius 3 is 2.75 bits per heavy atom. The number of carbonyl (C=O) groups excluding carboxylic acids is 1. The minimum atomic E-state index is 0.00970. The van der Waals surface area contributed by atoms with E-state index in [0.717, 1.165) is 31.7 Å². The quantitative estimate of drug-likeness (QED) is 0.913. The molecule has 5 nitrogen and oxygen atoms in total. The van der Waals surface area contributed by atoms with Gasteiger partial charge in [-0.25, -0.2) is 4.98 Å². The van der Waals surface area contributed by atoms with Crippen LogP contribution in [0, 0.1) is 5.92 Å². The molecule has 110 valence electrons. The number of pyridine rings is 1. The number of aliphatic hydroxyl groups excluding tert-OH is 1. The van der Waals surface area contributed by atoms with E-state index < -0.39 is 0 Å². The van der Waals surface area contributed by atoms with Crippen molar-refractivity contribution in [1.29, 1.82) is 0 Å². The third-order valence-electron chi connectivity index (χ3n) is 3.69. The third-order valence-corrected chi connectivity index (χ3v) is 3.92. The summed E-state index contributed by atoms with van der Waals surface area (Å²) in [6.07, 6.45) is 3.28. The van der Waals surface area contributed by atoms with Crippen LogP contribution in [0.1, 0.15) is 12.8 Å². The largest absolute Gasteiger partial charge is 0.395 e. The van der Waals surface area contributed by atoms with Crippen LogP contribution >= 0.6 is 11.6 Å². The van der Waals surface area contributed by atoms with Crippen LogP contribution in [0.5, 0.6) is 0 Å². The Hall–Kier alpha value is -1.33. The molecule has 1 aromatic heterocycles. The monoisotopic (exact) mass is 297 g/mol. The number of halogens is 1. The van der Waals surface area contributed by atoms with E-state index in [1.165, 1.54) is 0 Å². The minimum absolute atomic E-state index is 0.00970. The molecule has 20 heavy (non-hydrogen) atoms. The fourth-order valence-corrected chi connectivity index (χ4v) is 2.59. The lowest BCUT2D eigenvalue weighted by molar-refractivity contribution is -0.135. The average molecular weight is 298 g/mol. The molecule has 0 unspecified atom stereocenters. The first-order valence-electron chi connectivity index (χ1n) is 6.84. The standard InChI is InChI=1S/C14H20ClN3O2/c1-17(8-9-19)14(20)11-4-6-18(7-5-11)13-3-2-12(15)10-16-13/h2-3,10-11,19H,4-9H2,1H3. The predicted molar refractivity (Wildman–Crippen MR) is 78.9 cm³/mol. The fraction of sp³-hybridized carbons (Fsp3) is 0.571. The summed E-state index contributed by atoms with van der Waals surface area (Å²) in [5.74, 6) is 1.09. The molecule has 1 saturated heterocycles. The average Bonchev–Trinajstić information content (AvgIpc) is 2.48. The van der Waals surface area contributed by atoms with E-state index in [1.54, 1.807) is 18.1 Å². The van der Waals surface area contributed by atoms with Crippen LogP contribution in [0.4, 0.5) is 5.82 Å². The zero-order chi connectivity index (χ0) is 14.5. The highest BCUT2D eigenvalue weighted by atomic mass is 35.5. The van der Waals surface area contributed by atoms with Crippen molar-refractivity contribution in [2.45, 2.75) is 12.8 Å². The summed E-state index contributed by atoms with van der Waals surface area (Å²) in [5.41, 5.74) is 0. The van der Waals surface area contributed by atoms with Crippen molar-refractivity contribution >= 4 is 23.3 Å². The highest BCUT2D eigenvalue weighted by Gasteiger charge is 2.27. The molecule has 0 spiro atoms. The topological polar surface area (TPSA) is 56.7 Å². The van der Waals surface area contributed by atoms with Crippen molar-refractivity contribution in [2.75, 3.05) is 38.2 Å². The van der Waals surface area contributed by atoms with Crippen molar-refractivity contribution in [1.82, 2.24) is 9.88 Å². The molecule has 0 saturated carbocycles. The molecule has 1 aliphatic rings. The Morgan fingerprint density at radius 2 is 2.20 bits per heavy atom. The first-order chi connectivity index (χ1) is 9.61. The molecule has 1 aliphatic heterocycles. The Balaban J connectivity index is 1.89. The molecule has 1 amide bonds. The van der Waals surface area contributed by atoms with Gasteiger partial charge in [0.1, 0.15) is 5.82 Å². The van der Waals surface area contributed by atoms with E-state index in [1.807, 2.05) is 12.1 Å². The van der Waals surface area contributed by atoms with Crippen LogP contribution in [-0.4, -0.2) is 54.2 Å². The lowest BCUT2D eigenvalue weighted by Gasteiger charge is -2.33. The van der Waals surface area contributed by atoms with Gasteiger partial charge in [-0.05, 0) is 25.0 Å². The van der Waals surface area contributed by atoms with Crippen molar-refractivity contribution < 1.29 is 9.90 Å². The second kappa shape index (κ2) is 6.90. The molecule has 0 atom stereocenters. The van der Waals surface area contributed by atoms with Gasteiger partial charge in [0, 0.05) is 38.8 Å². The molecule has 0 aliphatic carbocycles. The smallest absolute Gasteiger partial charge is 0.225 e. The lowest BCUT2D eigenvalue weighted by Crippen LogP contribution is -2.42. The number of aromatic nitrogens is 1. The maximum atomic E-state index is 12.1. The van der Waals surface area contributed by atoms with Gasteiger partial charge in [-0.2, -0.15) is 0 Å². The fourth-order valence-electron chi connectivity index (χ4n) is 2.48. The number of rotatable bonds is 4. The number of piperidine rings is 1. The summed E-state index contributed by atoms with van der Waals surface area (Å²) in [6, 6.07) is 3.73. The summed E-state index contributed by atoms with van der Waals surface area (Å²) in [7, 11) is 1.74. The van der Waals surface area contributed by atoms with Gasteiger partial charge < -0.3 is 14.9 Å². The number of nitrogens with zero attached hydrogens (tertiary/aromatic N) is 3. The molecule has 0 aromatic carbocycles. The lowest BCUT2D eigenvalue weighted by atomic mass is 9.95. The zero-order valence-electron chi connectivity index (χ0n) is 11.6. The molecular formula is C14H20ClN3O2. The Kier molecular flexibility index (Phi) is 5.20.